The number of hydrogen-bond donors (Lipinski definition) is 1. The van der Waals surface area contributed by atoms with Gasteiger partial charge >= 0.3 is 5.97 Å². The van der Waals surface area contributed by atoms with Crippen LogP contribution in [0.4, 0.5) is 8.78 Å². The van der Waals surface area contributed by atoms with Crippen LogP contribution in [0.5, 0.6) is 0 Å². The maximum Gasteiger partial charge on any atom is 0.328 e. The van der Waals surface area contributed by atoms with E-state index in [-0.39, 0.29) is 11.5 Å². The zero-order chi connectivity index (χ0) is 15.3. The number of esters is 1. The van der Waals surface area contributed by atoms with Crippen molar-refractivity contribution in [3.63, 3.8) is 0 Å². The van der Waals surface area contributed by atoms with E-state index >= 15 is 0 Å². The summed E-state index contributed by atoms with van der Waals surface area (Å²) in [6, 6.07) is 2.53. The lowest BCUT2D eigenvalue weighted by Crippen LogP contribution is -2.45. The number of carbonyl (C=O) groups excluding carboxylic acids is 2. The van der Waals surface area contributed by atoms with Crippen LogP contribution in [0.2, 0.25) is 0 Å². The molecule has 0 aliphatic rings. The third-order valence-corrected chi connectivity index (χ3v) is 2.84. The molecule has 110 valence electrons. The Bertz CT molecular complexity index is 483. The second-order valence-corrected chi connectivity index (χ2v) is 4.69. The van der Waals surface area contributed by atoms with Gasteiger partial charge in [-0.3, -0.25) is 4.79 Å². The van der Waals surface area contributed by atoms with E-state index in [1.54, 1.807) is 13.8 Å². The highest BCUT2D eigenvalue weighted by molar-refractivity contribution is 5.85. The number of ether oxygens (including phenoxy) is 1. The summed E-state index contributed by atoms with van der Waals surface area (Å²) in [5.74, 6) is -3.02. The molecule has 0 radical (unpaired) electrons. The Morgan fingerprint density at radius 3 is 2.25 bits per heavy atom. The van der Waals surface area contributed by atoms with Crippen LogP contribution in [0.1, 0.15) is 19.4 Å². The van der Waals surface area contributed by atoms with Gasteiger partial charge in [0.15, 0.2) is 0 Å². The van der Waals surface area contributed by atoms with E-state index < -0.39 is 36.0 Å². The minimum atomic E-state index is -0.845. The van der Waals surface area contributed by atoms with Gasteiger partial charge in [0.1, 0.15) is 17.7 Å². The molecule has 4 nitrogen and oxygen atoms in total. The lowest BCUT2D eigenvalue weighted by atomic mass is 10.0. The second kappa shape index (κ2) is 6.98. The van der Waals surface area contributed by atoms with Gasteiger partial charge in [0.2, 0.25) is 5.91 Å². The van der Waals surface area contributed by atoms with Crippen molar-refractivity contribution in [2.45, 2.75) is 26.3 Å². The predicted octanol–water partition coefficient (Wildman–Crippen LogP) is 1.82. The van der Waals surface area contributed by atoms with Crippen LogP contribution < -0.4 is 5.32 Å². The summed E-state index contributed by atoms with van der Waals surface area (Å²) in [5, 5.41) is 2.42. The van der Waals surface area contributed by atoms with Crippen molar-refractivity contribution in [3.8, 4) is 0 Å². The minimum absolute atomic E-state index is 0.197. The standard InChI is InChI=1S/C14H17F2NO3/c1-8(2)13(14(19)20-3)17-12(18)7-9-10(15)5-4-6-11(9)16/h4-6,8,13H,7H2,1-3H3,(H,17,18)/t13-/m0/s1. The highest BCUT2D eigenvalue weighted by atomic mass is 19.1. The van der Waals surface area contributed by atoms with E-state index in [1.165, 1.54) is 13.2 Å². The predicted molar refractivity (Wildman–Crippen MR) is 68.8 cm³/mol. The summed E-state index contributed by atoms with van der Waals surface area (Å²) in [4.78, 5) is 23.3. The largest absolute Gasteiger partial charge is 0.467 e. The van der Waals surface area contributed by atoms with Crippen LogP contribution in [0, 0.1) is 17.6 Å². The number of carbonyl (C=O) groups is 2. The fourth-order valence-electron chi connectivity index (χ4n) is 1.71. The van der Waals surface area contributed by atoms with Crippen LogP contribution in [0.3, 0.4) is 0 Å². The average Bonchev–Trinajstić information content (AvgIpc) is 2.39. The third kappa shape index (κ3) is 4.01. The topological polar surface area (TPSA) is 55.4 Å². The lowest BCUT2D eigenvalue weighted by Gasteiger charge is -2.19. The quantitative estimate of drug-likeness (QED) is 0.840. The number of hydrogen-bond acceptors (Lipinski definition) is 3. The van der Waals surface area contributed by atoms with Crippen molar-refractivity contribution in [3.05, 3.63) is 35.4 Å². The Labute approximate surface area is 116 Å². The summed E-state index contributed by atoms with van der Waals surface area (Å²) in [7, 11) is 1.21. The summed E-state index contributed by atoms with van der Waals surface area (Å²) in [6.07, 6.45) is -0.473. The van der Waals surface area contributed by atoms with Crippen LogP contribution in [0.15, 0.2) is 18.2 Å². The number of nitrogens with one attached hydrogen (secondary N) is 1. The zero-order valence-corrected chi connectivity index (χ0v) is 11.6. The lowest BCUT2D eigenvalue weighted by molar-refractivity contribution is -0.146. The highest BCUT2D eigenvalue weighted by Gasteiger charge is 2.25. The molecule has 0 saturated heterocycles. The van der Waals surface area contributed by atoms with Gasteiger partial charge in [-0.2, -0.15) is 0 Å². The van der Waals surface area contributed by atoms with Crippen molar-refractivity contribution in [1.82, 2.24) is 5.32 Å². The SMILES string of the molecule is COC(=O)[C@@H](NC(=O)Cc1c(F)cccc1F)C(C)C. The number of amides is 1. The van der Waals surface area contributed by atoms with Gasteiger partial charge < -0.3 is 10.1 Å². The fourth-order valence-corrected chi connectivity index (χ4v) is 1.71. The number of halogens is 2. The molecule has 0 aromatic heterocycles. The van der Waals surface area contributed by atoms with Gasteiger partial charge in [-0.15, -0.1) is 0 Å². The molecule has 1 N–H and O–H groups in total. The smallest absolute Gasteiger partial charge is 0.328 e. The molecular weight excluding hydrogens is 268 g/mol. The second-order valence-electron chi connectivity index (χ2n) is 4.69. The van der Waals surface area contributed by atoms with E-state index in [0.29, 0.717) is 0 Å². The Balaban J connectivity index is 2.79. The summed E-state index contributed by atoms with van der Waals surface area (Å²) in [6.45, 7) is 3.46. The summed E-state index contributed by atoms with van der Waals surface area (Å²) in [5.41, 5.74) is -0.322. The van der Waals surface area contributed by atoms with Crippen molar-refractivity contribution in [2.75, 3.05) is 7.11 Å². The number of methoxy groups -OCH3 is 1. The first-order valence-corrected chi connectivity index (χ1v) is 6.17. The molecule has 6 heteroatoms. The summed E-state index contributed by atoms with van der Waals surface area (Å²) < 4.78 is 31.4. The fraction of sp³-hybridized carbons (Fsp3) is 0.429. The molecule has 1 amide bonds. The molecule has 1 rings (SSSR count). The van der Waals surface area contributed by atoms with E-state index in [4.69, 9.17) is 0 Å². The Hall–Kier alpha value is -1.98. The first-order chi connectivity index (χ1) is 9.36. The van der Waals surface area contributed by atoms with Gasteiger partial charge in [-0.1, -0.05) is 19.9 Å². The third-order valence-electron chi connectivity index (χ3n) is 2.84. The van der Waals surface area contributed by atoms with E-state index in [0.717, 1.165) is 12.1 Å². The molecule has 0 bridgehead atoms. The number of rotatable bonds is 5. The van der Waals surface area contributed by atoms with Gasteiger partial charge in [0.25, 0.3) is 0 Å². The molecule has 0 spiro atoms. The van der Waals surface area contributed by atoms with Crippen molar-refractivity contribution in [2.24, 2.45) is 5.92 Å². The van der Waals surface area contributed by atoms with Gasteiger partial charge in [-0.25, -0.2) is 13.6 Å². The molecule has 0 aliphatic heterocycles. The van der Waals surface area contributed by atoms with Crippen LogP contribution in [-0.2, 0) is 20.7 Å². The molecule has 20 heavy (non-hydrogen) atoms. The molecule has 1 atom stereocenters. The maximum atomic E-state index is 13.4. The molecule has 0 unspecified atom stereocenters. The van der Waals surface area contributed by atoms with Crippen molar-refractivity contribution < 1.29 is 23.1 Å². The molecule has 0 aliphatic carbocycles. The average molecular weight is 285 g/mol. The molecule has 1 aromatic carbocycles. The Morgan fingerprint density at radius 2 is 1.80 bits per heavy atom. The maximum absolute atomic E-state index is 13.4. The van der Waals surface area contributed by atoms with Gasteiger partial charge in [-0.05, 0) is 18.1 Å². The van der Waals surface area contributed by atoms with Crippen molar-refractivity contribution in [1.29, 1.82) is 0 Å². The number of benzene rings is 1. The molecule has 0 fully saturated rings. The Kier molecular flexibility index (Phi) is 5.61. The highest BCUT2D eigenvalue weighted by Crippen LogP contribution is 2.13. The molecule has 1 aromatic rings. The van der Waals surface area contributed by atoms with Crippen molar-refractivity contribution >= 4 is 11.9 Å². The first-order valence-electron chi connectivity index (χ1n) is 6.17. The zero-order valence-electron chi connectivity index (χ0n) is 11.6. The van der Waals surface area contributed by atoms with Gasteiger partial charge in [0, 0.05) is 5.56 Å². The van der Waals surface area contributed by atoms with E-state index in [1.807, 2.05) is 0 Å². The summed E-state index contributed by atoms with van der Waals surface area (Å²) >= 11 is 0. The van der Waals surface area contributed by atoms with Crippen LogP contribution in [0.25, 0.3) is 0 Å². The molecule has 0 saturated carbocycles. The first kappa shape index (κ1) is 16.1. The van der Waals surface area contributed by atoms with E-state index in [9.17, 15) is 18.4 Å². The normalized spacial score (nSPS) is 12.1. The molecule has 0 heterocycles. The minimum Gasteiger partial charge on any atom is -0.467 e. The van der Waals surface area contributed by atoms with E-state index in [2.05, 4.69) is 10.1 Å². The van der Waals surface area contributed by atoms with Crippen LogP contribution >= 0.6 is 0 Å². The Morgan fingerprint density at radius 1 is 1.25 bits per heavy atom. The molecular formula is C14H17F2NO3. The van der Waals surface area contributed by atoms with Gasteiger partial charge in [0.05, 0.1) is 13.5 Å². The monoisotopic (exact) mass is 285 g/mol. The van der Waals surface area contributed by atoms with Crippen LogP contribution in [-0.4, -0.2) is 25.0 Å².